The summed E-state index contributed by atoms with van der Waals surface area (Å²) in [6.07, 6.45) is 4.71. The molecule has 0 bridgehead atoms. The second-order valence-corrected chi connectivity index (χ2v) is 11.6. The largest absolute Gasteiger partial charge is 0.492 e. The van der Waals surface area contributed by atoms with Crippen LogP contribution in [-0.2, 0) is 27.7 Å². The number of hydrogen-bond donors (Lipinski definition) is 2. The van der Waals surface area contributed by atoms with Gasteiger partial charge in [-0.05, 0) is 82.6 Å². The van der Waals surface area contributed by atoms with Gasteiger partial charge in [0.1, 0.15) is 12.4 Å². The first-order valence-electron chi connectivity index (χ1n) is 11.1. The predicted molar refractivity (Wildman–Crippen MR) is 121 cm³/mol. The number of hydrogen-bond acceptors (Lipinski definition) is 4. The molecule has 0 aromatic heterocycles. The highest BCUT2D eigenvalue weighted by Crippen LogP contribution is 2.26. The molecule has 0 radical (unpaired) electrons. The summed E-state index contributed by atoms with van der Waals surface area (Å²) < 4.78 is 32.4. The highest BCUT2D eigenvalue weighted by Gasteiger charge is 2.33. The zero-order valence-corrected chi connectivity index (χ0v) is 19.9. The minimum absolute atomic E-state index is 0.0345. The van der Waals surface area contributed by atoms with E-state index in [0.717, 1.165) is 18.6 Å². The van der Waals surface area contributed by atoms with Crippen molar-refractivity contribution in [3.05, 3.63) is 29.3 Å². The van der Waals surface area contributed by atoms with Crippen molar-refractivity contribution in [2.75, 3.05) is 13.2 Å². The summed E-state index contributed by atoms with van der Waals surface area (Å²) >= 11 is 0. The highest BCUT2D eigenvalue weighted by molar-refractivity contribution is 7.90. The van der Waals surface area contributed by atoms with Crippen LogP contribution in [-0.4, -0.2) is 38.3 Å². The Kier molecular flexibility index (Phi) is 8.73. The maximum Gasteiger partial charge on any atom is 0.223 e. The third-order valence-corrected chi connectivity index (χ3v) is 7.99. The topological polar surface area (TPSA) is 84.5 Å². The number of benzene rings is 1. The lowest BCUT2D eigenvalue weighted by molar-refractivity contribution is -0.126. The Morgan fingerprint density at radius 3 is 2.10 bits per heavy atom. The molecular formula is C23H38N2O4S. The number of sulfonamides is 1. The molecule has 1 amide bonds. The Morgan fingerprint density at radius 2 is 1.60 bits per heavy atom. The molecule has 1 aromatic rings. The van der Waals surface area contributed by atoms with Crippen LogP contribution < -0.4 is 14.8 Å². The van der Waals surface area contributed by atoms with Crippen molar-refractivity contribution < 1.29 is 17.9 Å². The van der Waals surface area contributed by atoms with Gasteiger partial charge in [0.2, 0.25) is 15.9 Å². The van der Waals surface area contributed by atoms with Crippen LogP contribution in [0.5, 0.6) is 5.75 Å². The Labute approximate surface area is 182 Å². The first kappa shape index (κ1) is 24.7. The lowest BCUT2D eigenvalue weighted by Gasteiger charge is -2.30. The van der Waals surface area contributed by atoms with Crippen molar-refractivity contribution in [3.8, 4) is 5.75 Å². The fraction of sp³-hybridized carbons (Fsp3) is 0.696. The molecule has 0 saturated heterocycles. The molecule has 6 nitrogen and oxygen atoms in total. The summed E-state index contributed by atoms with van der Waals surface area (Å²) in [7, 11) is -3.36. The van der Waals surface area contributed by atoms with E-state index in [2.05, 4.69) is 42.1 Å². The van der Waals surface area contributed by atoms with Crippen molar-refractivity contribution in [1.82, 2.24) is 10.0 Å². The molecule has 1 fully saturated rings. The van der Waals surface area contributed by atoms with E-state index < -0.39 is 14.8 Å². The van der Waals surface area contributed by atoms with E-state index in [1.165, 1.54) is 11.1 Å². The third-order valence-electron chi connectivity index (χ3n) is 5.74. The van der Waals surface area contributed by atoms with Crippen molar-refractivity contribution >= 4 is 15.9 Å². The van der Waals surface area contributed by atoms with E-state index in [1.54, 1.807) is 20.8 Å². The van der Waals surface area contributed by atoms with Crippen LogP contribution in [0.25, 0.3) is 0 Å². The molecule has 7 heteroatoms. The minimum Gasteiger partial charge on any atom is -0.492 e. The average Bonchev–Trinajstić information content (AvgIpc) is 2.70. The molecule has 0 aliphatic heterocycles. The third kappa shape index (κ3) is 6.98. The molecule has 0 heterocycles. The van der Waals surface area contributed by atoms with Gasteiger partial charge in [0.25, 0.3) is 0 Å². The van der Waals surface area contributed by atoms with E-state index in [4.69, 9.17) is 4.74 Å². The fourth-order valence-electron chi connectivity index (χ4n) is 3.58. The molecule has 170 valence electrons. The number of nitrogens with one attached hydrogen (secondary N) is 2. The summed E-state index contributed by atoms with van der Waals surface area (Å²) in [6.45, 7) is 10.2. The van der Waals surface area contributed by atoms with Gasteiger partial charge in [-0.3, -0.25) is 4.79 Å². The Bertz CT molecular complexity index is 785. The molecule has 2 rings (SSSR count). The summed E-state index contributed by atoms with van der Waals surface area (Å²) in [4.78, 5) is 12.5. The van der Waals surface area contributed by atoms with Crippen LogP contribution in [0.4, 0.5) is 0 Å². The van der Waals surface area contributed by atoms with Gasteiger partial charge in [-0.1, -0.05) is 19.9 Å². The second kappa shape index (κ2) is 10.6. The summed E-state index contributed by atoms with van der Waals surface area (Å²) in [6, 6.07) is 6.23. The number of amides is 1. The van der Waals surface area contributed by atoms with Gasteiger partial charge in [0, 0.05) is 12.0 Å². The first-order valence-corrected chi connectivity index (χ1v) is 12.6. The van der Waals surface area contributed by atoms with Crippen molar-refractivity contribution in [3.63, 3.8) is 0 Å². The Hall–Kier alpha value is -1.60. The summed E-state index contributed by atoms with van der Waals surface area (Å²) in [5.41, 5.74) is 2.51. The summed E-state index contributed by atoms with van der Waals surface area (Å²) in [5, 5.41) is 2.96. The first-order chi connectivity index (χ1) is 14.1. The molecule has 1 aliphatic carbocycles. The van der Waals surface area contributed by atoms with Gasteiger partial charge in [-0.25, -0.2) is 13.1 Å². The number of carbonyl (C=O) groups excluding carboxylic acids is 1. The monoisotopic (exact) mass is 438 g/mol. The van der Waals surface area contributed by atoms with Crippen molar-refractivity contribution in [2.24, 2.45) is 5.92 Å². The van der Waals surface area contributed by atoms with Gasteiger partial charge >= 0.3 is 0 Å². The van der Waals surface area contributed by atoms with Gasteiger partial charge in [-0.15, -0.1) is 0 Å². The molecular weight excluding hydrogens is 400 g/mol. The molecule has 2 N–H and O–H groups in total. The van der Waals surface area contributed by atoms with E-state index in [-0.39, 0.29) is 17.9 Å². The molecule has 1 saturated carbocycles. The predicted octanol–water partition coefficient (Wildman–Crippen LogP) is 3.58. The van der Waals surface area contributed by atoms with E-state index in [0.29, 0.717) is 38.8 Å². The molecule has 1 aliphatic rings. The van der Waals surface area contributed by atoms with E-state index in [1.807, 2.05) is 0 Å². The standard InChI is InChI=1S/C23H38N2O4S/c1-6-17-14-18(7-2)16-21(15-17)29-13-12-24-22(26)19-8-10-20(11-9-19)25-30(27,28)23(3,4)5/h14-16,19-20,25H,6-13H2,1-5H3,(H,24,26). The molecule has 1 aromatic carbocycles. The molecule has 0 spiro atoms. The quantitative estimate of drug-likeness (QED) is 0.577. The fourth-order valence-corrected chi connectivity index (χ4v) is 4.61. The number of ether oxygens (including phenoxy) is 1. The zero-order chi connectivity index (χ0) is 22.4. The van der Waals surface area contributed by atoms with Crippen LogP contribution in [0.2, 0.25) is 0 Å². The van der Waals surface area contributed by atoms with Crippen LogP contribution >= 0.6 is 0 Å². The Balaban J connectivity index is 1.73. The summed E-state index contributed by atoms with van der Waals surface area (Å²) in [5.74, 6) is 0.829. The maximum absolute atomic E-state index is 12.5. The number of carbonyl (C=O) groups is 1. The SMILES string of the molecule is CCc1cc(CC)cc(OCCNC(=O)C2CCC(NS(=O)(=O)C(C)(C)C)CC2)c1. The molecule has 0 unspecified atom stereocenters. The van der Waals surface area contributed by atoms with Crippen LogP contribution in [0.1, 0.15) is 71.4 Å². The van der Waals surface area contributed by atoms with E-state index in [9.17, 15) is 13.2 Å². The minimum atomic E-state index is -3.36. The highest BCUT2D eigenvalue weighted by atomic mass is 32.2. The lowest BCUT2D eigenvalue weighted by Crippen LogP contribution is -2.46. The van der Waals surface area contributed by atoms with Gasteiger partial charge in [0.05, 0.1) is 11.3 Å². The van der Waals surface area contributed by atoms with Crippen molar-refractivity contribution in [1.29, 1.82) is 0 Å². The van der Waals surface area contributed by atoms with Gasteiger partial charge < -0.3 is 10.1 Å². The second-order valence-electron chi connectivity index (χ2n) is 9.11. The zero-order valence-electron chi connectivity index (χ0n) is 19.1. The van der Waals surface area contributed by atoms with Crippen LogP contribution in [0.15, 0.2) is 18.2 Å². The molecule has 30 heavy (non-hydrogen) atoms. The molecule has 0 atom stereocenters. The average molecular weight is 439 g/mol. The van der Waals surface area contributed by atoms with Gasteiger partial charge in [0.15, 0.2) is 0 Å². The maximum atomic E-state index is 12.5. The van der Waals surface area contributed by atoms with Gasteiger partial charge in [-0.2, -0.15) is 0 Å². The van der Waals surface area contributed by atoms with Crippen LogP contribution in [0, 0.1) is 5.92 Å². The van der Waals surface area contributed by atoms with Crippen molar-refractivity contribution in [2.45, 2.75) is 83.9 Å². The number of aryl methyl sites for hydroxylation is 2. The Morgan fingerprint density at radius 1 is 1.03 bits per heavy atom. The normalized spacial score (nSPS) is 20.0. The smallest absolute Gasteiger partial charge is 0.223 e. The van der Waals surface area contributed by atoms with E-state index >= 15 is 0 Å². The lowest BCUT2D eigenvalue weighted by atomic mass is 9.86. The van der Waals surface area contributed by atoms with Crippen LogP contribution in [0.3, 0.4) is 0 Å². The number of rotatable bonds is 9.